The van der Waals surface area contributed by atoms with E-state index in [0.717, 1.165) is 9.37 Å². The Balaban J connectivity index is 2.75. The molecule has 1 atom stereocenters. The van der Waals surface area contributed by atoms with Gasteiger partial charge in [0, 0.05) is 21.0 Å². The van der Waals surface area contributed by atoms with Crippen molar-refractivity contribution in [2.45, 2.75) is 4.90 Å². The summed E-state index contributed by atoms with van der Waals surface area (Å²) < 4.78 is 12.4. The summed E-state index contributed by atoms with van der Waals surface area (Å²) in [6.07, 6.45) is 0. The Morgan fingerprint density at radius 2 is 1.92 bits per heavy atom. The zero-order chi connectivity index (χ0) is 8.97. The Morgan fingerprint density at radius 3 is 2.42 bits per heavy atom. The first-order chi connectivity index (χ1) is 5.74. The van der Waals surface area contributed by atoms with Crippen LogP contribution in [0.2, 0.25) is 0 Å². The SMILES string of the molecule is O=S(CCCl)c1ccc(Br)cc1. The van der Waals surface area contributed by atoms with Gasteiger partial charge in [-0.05, 0) is 24.3 Å². The molecular formula is C8H8BrClOS. The van der Waals surface area contributed by atoms with Gasteiger partial charge in [-0.3, -0.25) is 4.21 Å². The molecule has 1 nitrogen and oxygen atoms in total. The van der Waals surface area contributed by atoms with E-state index >= 15 is 0 Å². The third-order valence-electron chi connectivity index (χ3n) is 1.34. The summed E-state index contributed by atoms with van der Waals surface area (Å²) in [7, 11) is -0.944. The Bertz CT molecular complexity index is 273. The van der Waals surface area contributed by atoms with Gasteiger partial charge in [0.2, 0.25) is 0 Å². The van der Waals surface area contributed by atoms with Crippen LogP contribution >= 0.6 is 27.5 Å². The van der Waals surface area contributed by atoms with Gasteiger partial charge in [-0.1, -0.05) is 15.9 Å². The minimum Gasteiger partial charge on any atom is -0.254 e. The largest absolute Gasteiger partial charge is 0.254 e. The number of halogens is 2. The first kappa shape index (κ1) is 10.2. The van der Waals surface area contributed by atoms with Crippen molar-refractivity contribution in [2.24, 2.45) is 0 Å². The second-order valence-electron chi connectivity index (χ2n) is 2.19. The lowest BCUT2D eigenvalue weighted by molar-refractivity contribution is 0.684. The van der Waals surface area contributed by atoms with Crippen LogP contribution in [0, 0.1) is 0 Å². The maximum atomic E-state index is 11.4. The second-order valence-corrected chi connectivity index (χ2v) is 5.06. The minimum atomic E-state index is -0.944. The van der Waals surface area contributed by atoms with Gasteiger partial charge >= 0.3 is 0 Å². The van der Waals surface area contributed by atoms with E-state index < -0.39 is 10.8 Å². The lowest BCUT2D eigenvalue weighted by Crippen LogP contribution is -1.98. The molecule has 4 heteroatoms. The van der Waals surface area contributed by atoms with Crippen LogP contribution in [0.3, 0.4) is 0 Å². The lowest BCUT2D eigenvalue weighted by Gasteiger charge is -1.98. The number of hydrogen-bond acceptors (Lipinski definition) is 1. The molecule has 0 spiro atoms. The van der Waals surface area contributed by atoms with Crippen molar-refractivity contribution in [3.05, 3.63) is 28.7 Å². The Hall–Kier alpha value is 0.140. The molecule has 0 saturated heterocycles. The lowest BCUT2D eigenvalue weighted by atomic mass is 10.4. The maximum Gasteiger partial charge on any atom is 0.0541 e. The van der Waals surface area contributed by atoms with E-state index in [2.05, 4.69) is 15.9 Å². The summed E-state index contributed by atoms with van der Waals surface area (Å²) in [6.45, 7) is 0. The van der Waals surface area contributed by atoms with Crippen LogP contribution in [0.4, 0.5) is 0 Å². The zero-order valence-electron chi connectivity index (χ0n) is 6.30. The highest BCUT2D eigenvalue weighted by Crippen LogP contribution is 2.13. The highest BCUT2D eigenvalue weighted by Gasteiger charge is 2.01. The van der Waals surface area contributed by atoms with Gasteiger partial charge in [-0.15, -0.1) is 11.6 Å². The molecule has 66 valence electrons. The molecule has 0 saturated carbocycles. The third-order valence-corrected chi connectivity index (χ3v) is 3.65. The summed E-state index contributed by atoms with van der Waals surface area (Å²) in [4.78, 5) is 0.832. The molecule has 1 unspecified atom stereocenters. The third kappa shape index (κ3) is 2.88. The number of alkyl halides is 1. The molecule has 0 bridgehead atoms. The van der Waals surface area contributed by atoms with Gasteiger partial charge in [0.05, 0.1) is 10.8 Å². The Morgan fingerprint density at radius 1 is 1.33 bits per heavy atom. The summed E-state index contributed by atoms with van der Waals surface area (Å²) in [5.41, 5.74) is 0. The van der Waals surface area contributed by atoms with Crippen molar-refractivity contribution >= 4 is 38.3 Å². The quantitative estimate of drug-likeness (QED) is 0.770. The van der Waals surface area contributed by atoms with E-state index in [1.54, 1.807) is 0 Å². The second kappa shape index (κ2) is 5.00. The minimum absolute atomic E-state index is 0.433. The normalized spacial score (nSPS) is 12.8. The molecule has 0 aliphatic carbocycles. The molecule has 0 aliphatic heterocycles. The van der Waals surface area contributed by atoms with Crippen LogP contribution < -0.4 is 0 Å². The smallest absolute Gasteiger partial charge is 0.0541 e. The first-order valence-corrected chi connectivity index (χ1v) is 6.08. The molecule has 0 heterocycles. The molecule has 1 rings (SSSR count). The molecule has 0 aromatic heterocycles. The predicted molar refractivity (Wildman–Crippen MR) is 56.1 cm³/mol. The van der Waals surface area contributed by atoms with Crippen molar-refractivity contribution in [2.75, 3.05) is 11.6 Å². The Labute approximate surface area is 87.7 Å². The highest BCUT2D eigenvalue weighted by atomic mass is 79.9. The standard InChI is InChI=1S/C8H8BrClOS/c9-7-1-3-8(4-2-7)12(11)6-5-10/h1-4H,5-6H2. The predicted octanol–water partition coefficient (Wildman–Crippen LogP) is 2.80. The van der Waals surface area contributed by atoms with E-state index in [-0.39, 0.29) is 0 Å². The van der Waals surface area contributed by atoms with Gasteiger partial charge < -0.3 is 0 Å². The number of benzene rings is 1. The van der Waals surface area contributed by atoms with Crippen molar-refractivity contribution in [3.8, 4) is 0 Å². The maximum absolute atomic E-state index is 11.4. The number of rotatable bonds is 3. The summed E-state index contributed by atoms with van der Waals surface area (Å²) in [6, 6.07) is 7.43. The summed E-state index contributed by atoms with van der Waals surface area (Å²) >= 11 is 8.78. The molecular weight excluding hydrogens is 260 g/mol. The van der Waals surface area contributed by atoms with E-state index in [4.69, 9.17) is 11.6 Å². The van der Waals surface area contributed by atoms with Crippen LogP contribution in [0.25, 0.3) is 0 Å². The van der Waals surface area contributed by atoms with Crippen LogP contribution in [0.5, 0.6) is 0 Å². The van der Waals surface area contributed by atoms with E-state index in [9.17, 15) is 4.21 Å². The Kier molecular flexibility index (Phi) is 4.26. The topological polar surface area (TPSA) is 17.1 Å². The molecule has 1 aromatic rings. The fourth-order valence-corrected chi connectivity index (χ4v) is 2.27. The van der Waals surface area contributed by atoms with Crippen LogP contribution in [-0.2, 0) is 10.8 Å². The van der Waals surface area contributed by atoms with Gasteiger partial charge in [0.25, 0.3) is 0 Å². The van der Waals surface area contributed by atoms with Crippen LogP contribution in [0.1, 0.15) is 0 Å². The molecule has 0 amide bonds. The summed E-state index contributed by atoms with van der Waals surface area (Å²) in [5, 5.41) is 0. The van der Waals surface area contributed by atoms with Gasteiger partial charge in [-0.2, -0.15) is 0 Å². The highest BCUT2D eigenvalue weighted by molar-refractivity contribution is 9.10. The monoisotopic (exact) mass is 266 g/mol. The van der Waals surface area contributed by atoms with Gasteiger partial charge in [-0.25, -0.2) is 0 Å². The fraction of sp³-hybridized carbons (Fsp3) is 0.250. The van der Waals surface area contributed by atoms with Crippen molar-refractivity contribution in [3.63, 3.8) is 0 Å². The van der Waals surface area contributed by atoms with E-state index in [1.807, 2.05) is 24.3 Å². The molecule has 0 fully saturated rings. The molecule has 0 radical (unpaired) electrons. The average molecular weight is 268 g/mol. The van der Waals surface area contributed by atoms with Crippen molar-refractivity contribution in [1.82, 2.24) is 0 Å². The molecule has 12 heavy (non-hydrogen) atoms. The first-order valence-electron chi connectivity index (χ1n) is 3.44. The van der Waals surface area contributed by atoms with Crippen molar-refractivity contribution < 1.29 is 4.21 Å². The zero-order valence-corrected chi connectivity index (χ0v) is 9.45. The fourth-order valence-electron chi connectivity index (χ4n) is 0.774. The van der Waals surface area contributed by atoms with E-state index in [0.29, 0.717) is 11.6 Å². The molecule has 1 aromatic carbocycles. The van der Waals surface area contributed by atoms with Gasteiger partial charge in [0.15, 0.2) is 0 Å². The van der Waals surface area contributed by atoms with E-state index in [1.165, 1.54) is 0 Å². The number of hydrogen-bond donors (Lipinski definition) is 0. The molecule has 0 N–H and O–H groups in total. The van der Waals surface area contributed by atoms with Gasteiger partial charge in [0.1, 0.15) is 0 Å². The molecule has 0 aliphatic rings. The average Bonchev–Trinajstić information content (AvgIpc) is 2.06. The van der Waals surface area contributed by atoms with Crippen LogP contribution in [0.15, 0.2) is 33.6 Å². The summed E-state index contributed by atoms with van der Waals surface area (Å²) in [5.74, 6) is 0.950. The van der Waals surface area contributed by atoms with Crippen molar-refractivity contribution in [1.29, 1.82) is 0 Å². The van der Waals surface area contributed by atoms with Crippen LogP contribution in [-0.4, -0.2) is 15.8 Å².